The van der Waals surface area contributed by atoms with Gasteiger partial charge < -0.3 is 5.32 Å². The second-order valence-electron chi connectivity index (χ2n) is 4.29. The molecule has 0 heterocycles. The van der Waals surface area contributed by atoms with Crippen molar-refractivity contribution >= 4 is 21.8 Å². The molecule has 1 N–H and O–H groups in total. The molecule has 1 aromatic carbocycles. The van der Waals surface area contributed by atoms with Gasteiger partial charge in [0.05, 0.1) is 0 Å². The highest BCUT2D eigenvalue weighted by Gasteiger charge is 2.05. The van der Waals surface area contributed by atoms with Crippen LogP contribution in [0, 0.1) is 6.92 Å². The fraction of sp³-hybridized carbons (Fsp3) is 0.462. The summed E-state index contributed by atoms with van der Waals surface area (Å²) in [5.41, 5.74) is 2.47. The summed E-state index contributed by atoms with van der Waals surface area (Å²) in [6.07, 6.45) is 1.35. The molecule has 1 aromatic rings. The maximum absolute atomic E-state index is 11.5. The molecule has 1 amide bonds. The molecule has 88 valence electrons. The molecule has 0 aliphatic heterocycles. The van der Waals surface area contributed by atoms with Crippen LogP contribution in [-0.4, -0.2) is 11.9 Å². The van der Waals surface area contributed by atoms with Gasteiger partial charge in [0.15, 0.2) is 0 Å². The zero-order chi connectivity index (χ0) is 12.1. The van der Waals surface area contributed by atoms with Gasteiger partial charge in [0.25, 0.3) is 0 Å². The molecule has 0 spiro atoms. The van der Waals surface area contributed by atoms with E-state index >= 15 is 0 Å². The number of rotatable bonds is 4. The van der Waals surface area contributed by atoms with E-state index in [0.29, 0.717) is 6.42 Å². The molecule has 0 aromatic heterocycles. The average molecular weight is 284 g/mol. The topological polar surface area (TPSA) is 29.1 Å². The van der Waals surface area contributed by atoms with Gasteiger partial charge in [-0.25, -0.2) is 0 Å². The van der Waals surface area contributed by atoms with Crippen LogP contribution in [0.5, 0.6) is 0 Å². The van der Waals surface area contributed by atoms with Crippen LogP contribution in [-0.2, 0) is 11.2 Å². The zero-order valence-corrected chi connectivity index (χ0v) is 11.6. The maximum atomic E-state index is 11.5. The summed E-state index contributed by atoms with van der Waals surface area (Å²) < 4.78 is 1.07. The van der Waals surface area contributed by atoms with E-state index in [4.69, 9.17) is 0 Å². The van der Waals surface area contributed by atoms with Crippen LogP contribution in [0.25, 0.3) is 0 Å². The second-order valence-corrected chi connectivity index (χ2v) is 5.21. The fourth-order valence-electron chi connectivity index (χ4n) is 1.55. The van der Waals surface area contributed by atoms with Gasteiger partial charge in [-0.3, -0.25) is 4.79 Å². The summed E-state index contributed by atoms with van der Waals surface area (Å²) in [7, 11) is 0. The third-order valence-corrected chi connectivity index (χ3v) is 2.88. The minimum Gasteiger partial charge on any atom is -0.354 e. The highest BCUT2D eigenvalue weighted by molar-refractivity contribution is 9.10. The molecule has 2 nitrogen and oxygen atoms in total. The van der Waals surface area contributed by atoms with E-state index < -0.39 is 0 Å². The quantitative estimate of drug-likeness (QED) is 0.903. The Kier molecular flexibility index (Phi) is 5.00. The van der Waals surface area contributed by atoms with Crippen molar-refractivity contribution in [2.45, 2.75) is 39.7 Å². The largest absolute Gasteiger partial charge is 0.354 e. The number of aryl methyl sites for hydroxylation is 2. The van der Waals surface area contributed by atoms with Gasteiger partial charge in [0.2, 0.25) is 5.91 Å². The molecule has 0 saturated heterocycles. The lowest BCUT2D eigenvalue weighted by atomic mass is 10.0. The number of carbonyl (C=O) groups is 1. The SMILES string of the molecule is Cc1ccc(Br)cc1CCC(=O)NC(C)C. The van der Waals surface area contributed by atoms with Crippen LogP contribution in [0.2, 0.25) is 0 Å². The van der Waals surface area contributed by atoms with Gasteiger partial charge in [-0.05, 0) is 50.5 Å². The molecule has 0 fully saturated rings. The van der Waals surface area contributed by atoms with Crippen LogP contribution < -0.4 is 5.32 Å². The molecule has 0 unspecified atom stereocenters. The van der Waals surface area contributed by atoms with Gasteiger partial charge in [-0.15, -0.1) is 0 Å². The number of benzene rings is 1. The first kappa shape index (κ1) is 13.2. The second kappa shape index (κ2) is 6.04. The molecule has 0 aliphatic carbocycles. The molecule has 1 rings (SSSR count). The van der Waals surface area contributed by atoms with E-state index in [2.05, 4.69) is 40.3 Å². The monoisotopic (exact) mass is 283 g/mol. The molecule has 16 heavy (non-hydrogen) atoms. The standard InChI is InChI=1S/C13H18BrNO/c1-9(2)15-13(16)7-5-11-8-12(14)6-4-10(11)3/h4,6,8-9H,5,7H2,1-3H3,(H,15,16). The van der Waals surface area contributed by atoms with Crippen molar-refractivity contribution < 1.29 is 4.79 Å². The Bertz CT molecular complexity index is 374. The van der Waals surface area contributed by atoms with Crippen molar-refractivity contribution in [1.29, 1.82) is 0 Å². The van der Waals surface area contributed by atoms with Crippen molar-refractivity contribution in [1.82, 2.24) is 5.32 Å². The van der Waals surface area contributed by atoms with Crippen LogP contribution in [0.3, 0.4) is 0 Å². The molecule has 0 bridgehead atoms. The molecule has 0 atom stereocenters. The van der Waals surface area contributed by atoms with Crippen LogP contribution >= 0.6 is 15.9 Å². The van der Waals surface area contributed by atoms with Crippen LogP contribution in [0.15, 0.2) is 22.7 Å². The number of carbonyl (C=O) groups excluding carboxylic acids is 1. The lowest BCUT2D eigenvalue weighted by Crippen LogP contribution is -2.30. The molecule has 0 saturated carbocycles. The summed E-state index contributed by atoms with van der Waals surface area (Å²) >= 11 is 3.44. The number of amides is 1. The minimum atomic E-state index is 0.120. The Morgan fingerprint density at radius 2 is 2.12 bits per heavy atom. The van der Waals surface area contributed by atoms with E-state index in [1.807, 2.05) is 19.9 Å². The van der Waals surface area contributed by atoms with Crippen molar-refractivity contribution in [3.05, 3.63) is 33.8 Å². The first-order chi connectivity index (χ1) is 7.49. The lowest BCUT2D eigenvalue weighted by molar-refractivity contribution is -0.121. The average Bonchev–Trinajstić information content (AvgIpc) is 2.18. The number of halogens is 1. The third-order valence-electron chi connectivity index (χ3n) is 2.38. The smallest absolute Gasteiger partial charge is 0.220 e. The Labute approximate surface area is 106 Å². The van der Waals surface area contributed by atoms with E-state index in [1.54, 1.807) is 0 Å². The zero-order valence-electron chi connectivity index (χ0n) is 10.0. The Balaban J connectivity index is 2.54. The summed E-state index contributed by atoms with van der Waals surface area (Å²) in [6, 6.07) is 6.39. The highest BCUT2D eigenvalue weighted by atomic mass is 79.9. The normalized spacial score (nSPS) is 10.6. The number of hydrogen-bond acceptors (Lipinski definition) is 1. The first-order valence-electron chi connectivity index (χ1n) is 5.53. The molecular formula is C13H18BrNO. The lowest BCUT2D eigenvalue weighted by Gasteiger charge is -2.09. The minimum absolute atomic E-state index is 0.120. The predicted octanol–water partition coefficient (Wildman–Crippen LogP) is 3.21. The van der Waals surface area contributed by atoms with Gasteiger partial charge >= 0.3 is 0 Å². The number of nitrogens with one attached hydrogen (secondary N) is 1. The summed E-state index contributed by atoms with van der Waals surface area (Å²) in [5, 5.41) is 2.90. The Morgan fingerprint density at radius 3 is 2.75 bits per heavy atom. The van der Waals surface area contributed by atoms with Gasteiger partial charge in [-0.1, -0.05) is 22.0 Å². The molecule has 3 heteroatoms. The van der Waals surface area contributed by atoms with Crippen molar-refractivity contribution in [2.24, 2.45) is 0 Å². The predicted molar refractivity (Wildman–Crippen MR) is 70.5 cm³/mol. The Morgan fingerprint density at radius 1 is 1.44 bits per heavy atom. The van der Waals surface area contributed by atoms with Crippen molar-refractivity contribution in [3.8, 4) is 0 Å². The van der Waals surface area contributed by atoms with Gasteiger partial charge in [0.1, 0.15) is 0 Å². The molecular weight excluding hydrogens is 266 g/mol. The third kappa shape index (κ3) is 4.35. The van der Waals surface area contributed by atoms with E-state index in [-0.39, 0.29) is 11.9 Å². The highest BCUT2D eigenvalue weighted by Crippen LogP contribution is 2.17. The van der Waals surface area contributed by atoms with E-state index in [9.17, 15) is 4.79 Å². The summed E-state index contributed by atoms with van der Waals surface area (Å²) in [4.78, 5) is 11.5. The number of hydrogen-bond donors (Lipinski definition) is 1. The fourth-order valence-corrected chi connectivity index (χ4v) is 1.96. The van der Waals surface area contributed by atoms with Crippen molar-refractivity contribution in [2.75, 3.05) is 0 Å². The van der Waals surface area contributed by atoms with Crippen molar-refractivity contribution in [3.63, 3.8) is 0 Å². The Hall–Kier alpha value is -0.830. The first-order valence-corrected chi connectivity index (χ1v) is 6.32. The molecule has 0 aliphatic rings. The maximum Gasteiger partial charge on any atom is 0.220 e. The summed E-state index contributed by atoms with van der Waals surface area (Å²) in [6.45, 7) is 6.02. The summed E-state index contributed by atoms with van der Waals surface area (Å²) in [5.74, 6) is 0.120. The van der Waals surface area contributed by atoms with Gasteiger partial charge in [0, 0.05) is 16.9 Å². The van der Waals surface area contributed by atoms with E-state index in [0.717, 1.165) is 10.9 Å². The molecule has 0 radical (unpaired) electrons. The van der Waals surface area contributed by atoms with Gasteiger partial charge in [-0.2, -0.15) is 0 Å². The van der Waals surface area contributed by atoms with E-state index in [1.165, 1.54) is 11.1 Å². The van der Waals surface area contributed by atoms with Crippen LogP contribution in [0.1, 0.15) is 31.4 Å². The van der Waals surface area contributed by atoms with Crippen LogP contribution in [0.4, 0.5) is 0 Å².